The maximum absolute atomic E-state index is 12.8. The fourth-order valence-electron chi connectivity index (χ4n) is 2.05. The quantitative estimate of drug-likeness (QED) is 0.643. The number of thioether (sulfide) groups is 1. The van der Waals surface area contributed by atoms with E-state index in [1.807, 2.05) is 34.0 Å². The minimum absolute atomic E-state index is 0.0599. The fourth-order valence-corrected chi connectivity index (χ4v) is 2.72. The first-order valence-electron chi connectivity index (χ1n) is 6.73. The summed E-state index contributed by atoms with van der Waals surface area (Å²) in [5.41, 5.74) is 1.29. The van der Waals surface area contributed by atoms with Crippen molar-refractivity contribution in [2.24, 2.45) is 0 Å². The molecule has 1 N–H and O–H groups in total. The predicted octanol–water partition coefficient (Wildman–Crippen LogP) is 2.05. The van der Waals surface area contributed by atoms with Crippen molar-refractivity contribution in [2.45, 2.75) is 45.2 Å². The Labute approximate surface area is 124 Å². The summed E-state index contributed by atoms with van der Waals surface area (Å²) >= 11 is 1.46. The summed E-state index contributed by atoms with van der Waals surface area (Å²) in [7, 11) is 0. The second kappa shape index (κ2) is 7.59. The van der Waals surface area contributed by atoms with Gasteiger partial charge in [0.15, 0.2) is 0 Å². The largest absolute Gasteiger partial charge is 0.396 e. The van der Waals surface area contributed by atoms with Crippen LogP contribution in [-0.2, 0) is 0 Å². The second-order valence-corrected chi connectivity index (χ2v) is 5.70. The van der Waals surface area contributed by atoms with Gasteiger partial charge in [-0.25, -0.2) is 9.97 Å². The third-order valence-electron chi connectivity index (χ3n) is 3.02. The number of hydrogen-bond donors (Lipinski definition) is 1. The Bertz CT molecular complexity index is 478. The summed E-state index contributed by atoms with van der Waals surface area (Å²) in [6.07, 6.45) is 2.48. The van der Waals surface area contributed by atoms with E-state index < -0.39 is 0 Å². The number of carbonyl (C=O) groups excluding carboxylic acids is 1. The van der Waals surface area contributed by atoms with Gasteiger partial charge < -0.3 is 10.0 Å². The molecule has 0 unspecified atom stereocenters. The molecule has 0 aliphatic carbocycles. The van der Waals surface area contributed by atoms with Crippen LogP contribution in [0.1, 0.15) is 42.1 Å². The molecule has 0 saturated heterocycles. The van der Waals surface area contributed by atoms with E-state index in [9.17, 15) is 4.79 Å². The van der Waals surface area contributed by atoms with Crippen molar-refractivity contribution in [1.29, 1.82) is 0 Å². The lowest BCUT2D eigenvalue weighted by Gasteiger charge is -2.27. The Morgan fingerprint density at radius 2 is 2.00 bits per heavy atom. The highest BCUT2D eigenvalue weighted by molar-refractivity contribution is 7.98. The normalized spacial score (nSPS) is 10.9. The van der Waals surface area contributed by atoms with E-state index in [2.05, 4.69) is 9.97 Å². The van der Waals surface area contributed by atoms with Crippen molar-refractivity contribution in [3.05, 3.63) is 17.1 Å². The highest BCUT2D eigenvalue weighted by atomic mass is 32.2. The zero-order valence-electron chi connectivity index (χ0n) is 12.8. The van der Waals surface area contributed by atoms with Crippen LogP contribution in [0.4, 0.5) is 0 Å². The van der Waals surface area contributed by atoms with Crippen molar-refractivity contribution in [1.82, 2.24) is 14.9 Å². The second-order valence-electron chi connectivity index (χ2n) is 4.91. The van der Waals surface area contributed by atoms with Crippen LogP contribution in [-0.4, -0.2) is 51.3 Å². The highest BCUT2D eigenvalue weighted by Crippen LogP contribution is 2.23. The van der Waals surface area contributed by atoms with Gasteiger partial charge in [-0.2, -0.15) is 0 Å². The van der Waals surface area contributed by atoms with E-state index >= 15 is 0 Å². The molecule has 0 atom stereocenters. The van der Waals surface area contributed by atoms with Crippen LogP contribution in [0.3, 0.4) is 0 Å². The Hall–Kier alpha value is -1.14. The summed E-state index contributed by atoms with van der Waals surface area (Å²) in [5.74, 6) is 0.616. The Morgan fingerprint density at radius 3 is 2.50 bits per heavy atom. The first kappa shape index (κ1) is 16.9. The number of rotatable bonds is 6. The monoisotopic (exact) mass is 297 g/mol. The van der Waals surface area contributed by atoms with Gasteiger partial charge in [0.2, 0.25) is 0 Å². The first-order chi connectivity index (χ1) is 9.42. The number of aromatic nitrogens is 2. The van der Waals surface area contributed by atoms with Gasteiger partial charge in [0, 0.05) is 19.2 Å². The van der Waals surface area contributed by atoms with Crippen LogP contribution < -0.4 is 0 Å². The zero-order chi connectivity index (χ0) is 15.3. The van der Waals surface area contributed by atoms with Crippen molar-refractivity contribution in [2.75, 3.05) is 19.4 Å². The Balaban J connectivity index is 3.17. The van der Waals surface area contributed by atoms with Crippen LogP contribution >= 0.6 is 11.8 Å². The van der Waals surface area contributed by atoms with E-state index in [4.69, 9.17) is 5.11 Å². The molecule has 1 aromatic heterocycles. The maximum atomic E-state index is 12.8. The molecule has 20 heavy (non-hydrogen) atoms. The molecule has 1 amide bonds. The molecule has 0 fully saturated rings. The molecule has 1 heterocycles. The lowest BCUT2D eigenvalue weighted by molar-refractivity contribution is 0.0687. The predicted molar refractivity (Wildman–Crippen MR) is 81.2 cm³/mol. The molecule has 1 aromatic rings. The smallest absolute Gasteiger partial charge is 0.258 e. The number of hydrogen-bond acceptors (Lipinski definition) is 5. The molecule has 5 nitrogen and oxygen atoms in total. The minimum Gasteiger partial charge on any atom is -0.396 e. The summed E-state index contributed by atoms with van der Waals surface area (Å²) in [5, 5.41) is 9.69. The van der Waals surface area contributed by atoms with E-state index in [1.54, 1.807) is 4.90 Å². The molecule has 0 radical (unpaired) electrons. The van der Waals surface area contributed by atoms with Crippen molar-refractivity contribution in [3.8, 4) is 0 Å². The fraction of sp³-hybridized carbons (Fsp3) is 0.643. The Kier molecular flexibility index (Phi) is 6.42. The molecule has 0 bridgehead atoms. The average molecular weight is 297 g/mol. The molecule has 0 saturated carbocycles. The van der Waals surface area contributed by atoms with Gasteiger partial charge in [-0.3, -0.25) is 4.79 Å². The molecular formula is C14H23N3O2S. The molecule has 0 aliphatic rings. The molecule has 0 aliphatic heterocycles. The van der Waals surface area contributed by atoms with Gasteiger partial charge in [-0.05, 0) is 40.4 Å². The molecule has 6 heteroatoms. The van der Waals surface area contributed by atoms with Gasteiger partial charge in [-0.15, -0.1) is 11.8 Å². The molecular weight excluding hydrogens is 274 g/mol. The van der Waals surface area contributed by atoms with Crippen LogP contribution in [0.5, 0.6) is 0 Å². The topological polar surface area (TPSA) is 66.3 Å². The number of aliphatic hydroxyl groups excluding tert-OH is 1. The number of carbonyl (C=O) groups is 1. The van der Waals surface area contributed by atoms with Gasteiger partial charge >= 0.3 is 0 Å². The third-order valence-corrected chi connectivity index (χ3v) is 3.70. The lowest BCUT2D eigenvalue weighted by Crippen LogP contribution is -2.39. The van der Waals surface area contributed by atoms with E-state index in [0.29, 0.717) is 30.0 Å². The summed E-state index contributed by atoms with van der Waals surface area (Å²) in [6.45, 7) is 8.22. The van der Waals surface area contributed by atoms with Crippen molar-refractivity contribution in [3.63, 3.8) is 0 Å². The molecule has 0 aromatic carbocycles. The van der Waals surface area contributed by atoms with Crippen LogP contribution in [0, 0.1) is 13.8 Å². The highest BCUT2D eigenvalue weighted by Gasteiger charge is 2.24. The molecule has 112 valence electrons. The van der Waals surface area contributed by atoms with Gasteiger partial charge in [-0.1, -0.05) is 0 Å². The van der Waals surface area contributed by atoms with Gasteiger partial charge in [0.05, 0.1) is 11.3 Å². The minimum atomic E-state index is -0.0599. The summed E-state index contributed by atoms with van der Waals surface area (Å²) in [4.78, 5) is 23.2. The maximum Gasteiger partial charge on any atom is 0.258 e. The van der Waals surface area contributed by atoms with Crippen LogP contribution in [0.2, 0.25) is 0 Å². The van der Waals surface area contributed by atoms with Gasteiger partial charge in [0.1, 0.15) is 10.9 Å². The summed E-state index contributed by atoms with van der Waals surface area (Å²) < 4.78 is 0. The Morgan fingerprint density at radius 1 is 1.35 bits per heavy atom. The van der Waals surface area contributed by atoms with Crippen molar-refractivity contribution < 1.29 is 9.90 Å². The van der Waals surface area contributed by atoms with E-state index in [-0.39, 0.29) is 18.6 Å². The van der Waals surface area contributed by atoms with Crippen LogP contribution in [0.15, 0.2) is 5.03 Å². The number of aryl methyl sites for hydroxylation is 2. The first-order valence-corrected chi connectivity index (χ1v) is 7.95. The van der Waals surface area contributed by atoms with E-state index in [1.165, 1.54) is 11.8 Å². The third kappa shape index (κ3) is 3.93. The number of aliphatic hydroxyl groups is 1. The van der Waals surface area contributed by atoms with E-state index in [0.717, 1.165) is 5.03 Å². The summed E-state index contributed by atoms with van der Waals surface area (Å²) in [6, 6.07) is 0.0736. The zero-order valence-corrected chi connectivity index (χ0v) is 13.6. The number of nitrogens with zero attached hydrogens (tertiary/aromatic N) is 3. The standard InChI is InChI=1S/C14H23N3O2S/c1-9(2)17(7-6-8-18)14(19)12-10(3)15-11(4)16-13(12)20-5/h9,18H,6-8H2,1-5H3. The molecule has 0 spiro atoms. The van der Waals surface area contributed by atoms with Crippen molar-refractivity contribution >= 4 is 17.7 Å². The average Bonchev–Trinajstić information content (AvgIpc) is 2.37. The van der Waals surface area contributed by atoms with Crippen LogP contribution in [0.25, 0.3) is 0 Å². The lowest BCUT2D eigenvalue weighted by atomic mass is 10.1. The SMILES string of the molecule is CSc1nc(C)nc(C)c1C(=O)N(CCCO)C(C)C. The molecule has 1 rings (SSSR count). The van der Waals surface area contributed by atoms with Gasteiger partial charge in [0.25, 0.3) is 5.91 Å². The number of amides is 1.